The maximum atomic E-state index is 5.91. The smallest absolute Gasteiger partial charge is 0.0597 e. The lowest BCUT2D eigenvalue weighted by Gasteiger charge is -2.22. The number of hydrogen-bond acceptors (Lipinski definition) is 4. The third kappa shape index (κ3) is 3.83. The summed E-state index contributed by atoms with van der Waals surface area (Å²) in [5, 5.41) is 5.54. The second kappa shape index (κ2) is 6.58. The zero-order valence-electron chi connectivity index (χ0n) is 10.3. The standard InChI is InChI=1S/C13H20N4/c1-4-17(15-2)11-7-10-16(3)13-9-6-5-8-12(13)14/h4-6,8-9H,1-2,7,10-11,14H2,3H3. The van der Waals surface area contributed by atoms with Crippen molar-refractivity contribution in [2.75, 3.05) is 30.8 Å². The molecule has 0 bridgehead atoms. The van der Waals surface area contributed by atoms with Gasteiger partial charge in [0.15, 0.2) is 0 Å². The molecule has 4 nitrogen and oxygen atoms in total. The van der Waals surface area contributed by atoms with Crippen LogP contribution in [0.2, 0.25) is 0 Å². The van der Waals surface area contributed by atoms with Gasteiger partial charge in [0, 0.05) is 33.1 Å². The van der Waals surface area contributed by atoms with Crippen LogP contribution in [-0.4, -0.2) is 31.9 Å². The first-order valence-electron chi connectivity index (χ1n) is 5.60. The molecule has 0 saturated carbocycles. The molecule has 17 heavy (non-hydrogen) atoms. The van der Waals surface area contributed by atoms with Gasteiger partial charge in [-0.3, -0.25) is 5.01 Å². The SMILES string of the molecule is C=CN(CCCN(C)c1ccccc1N)N=C. The Kier molecular flexibility index (Phi) is 5.07. The molecule has 1 aromatic carbocycles. The van der Waals surface area contributed by atoms with E-state index >= 15 is 0 Å². The highest BCUT2D eigenvalue weighted by atomic mass is 15.4. The fourth-order valence-corrected chi connectivity index (χ4v) is 1.65. The third-order valence-corrected chi connectivity index (χ3v) is 2.62. The highest BCUT2D eigenvalue weighted by Crippen LogP contribution is 2.20. The summed E-state index contributed by atoms with van der Waals surface area (Å²) in [6.45, 7) is 8.85. The van der Waals surface area contributed by atoms with Crippen LogP contribution >= 0.6 is 0 Å². The number of hydrogen-bond donors (Lipinski definition) is 1. The Balaban J connectivity index is 2.45. The maximum Gasteiger partial charge on any atom is 0.0597 e. The topological polar surface area (TPSA) is 44.9 Å². The highest BCUT2D eigenvalue weighted by Gasteiger charge is 2.04. The summed E-state index contributed by atoms with van der Waals surface area (Å²) in [5.74, 6) is 0. The van der Waals surface area contributed by atoms with Gasteiger partial charge in [0.1, 0.15) is 0 Å². The number of benzene rings is 1. The number of hydrazone groups is 1. The molecule has 0 aromatic heterocycles. The van der Waals surface area contributed by atoms with Crippen LogP contribution in [0, 0.1) is 0 Å². The van der Waals surface area contributed by atoms with Crippen molar-refractivity contribution in [2.45, 2.75) is 6.42 Å². The lowest BCUT2D eigenvalue weighted by molar-refractivity contribution is 0.397. The van der Waals surface area contributed by atoms with Crippen molar-refractivity contribution < 1.29 is 0 Å². The van der Waals surface area contributed by atoms with E-state index in [9.17, 15) is 0 Å². The summed E-state index contributed by atoms with van der Waals surface area (Å²) in [6, 6.07) is 7.86. The highest BCUT2D eigenvalue weighted by molar-refractivity contribution is 5.66. The van der Waals surface area contributed by atoms with Crippen LogP contribution in [0.5, 0.6) is 0 Å². The van der Waals surface area contributed by atoms with Crippen molar-refractivity contribution in [1.82, 2.24) is 5.01 Å². The number of para-hydroxylation sites is 2. The molecule has 4 heteroatoms. The largest absolute Gasteiger partial charge is 0.397 e. The zero-order valence-corrected chi connectivity index (χ0v) is 10.3. The second-order valence-corrected chi connectivity index (χ2v) is 3.82. The Morgan fingerprint density at radius 1 is 1.35 bits per heavy atom. The van der Waals surface area contributed by atoms with E-state index in [-0.39, 0.29) is 0 Å². The van der Waals surface area contributed by atoms with Crippen molar-refractivity contribution in [3.8, 4) is 0 Å². The second-order valence-electron chi connectivity index (χ2n) is 3.82. The molecule has 1 rings (SSSR count). The molecule has 0 amide bonds. The lowest BCUT2D eigenvalue weighted by Crippen LogP contribution is -2.23. The Bertz CT molecular complexity index is 367. The van der Waals surface area contributed by atoms with Crippen LogP contribution in [0.3, 0.4) is 0 Å². The monoisotopic (exact) mass is 232 g/mol. The Morgan fingerprint density at radius 3 is 2.65 bits per heavy atom. The molecule has 0 radical (unpaired) electrons. The molecule has 0 spiro atoms. The van der Waals surface area contributed by atoms with E-state index in [4.69, 9.17) is 5.73 Å². The first-order chi connectivity index (χ1) is 8.19. The molecule has 0 unspecified atom stereocenters. The van der Waals surface area contributed by atoms with E-state index in [0.717, 1.165) is 30.9 Å². The summed E-state index contributed by atoms with van der Waals surface area (Å²) in [4.78, 5) is 2.14. The summed E-state index contributed by atoms with van der Waals surface area (Å²) in [5.41, 5.74) is 7.77. The van der Waals surface area contributed by atoms with Gasteiger partial charge in [-0.2, -0.15) is 5.10 Å². The summed E-state index contributed by atoms with van der Waals surface area (Å²) in [6.07, 6.45) is 2.64. The quantitative estimate of drug-likeness (QED) is 0.445. The molecular formula is C13H20N4. The predicted molar refractivity (Wildman–Crippen MR) is 75.2 cm³/mol. The van der Waals surface area contributed by atoms with Crippen LogP contribution < -0.4 is 10.6 Å². The van der Waals surface area contributed by atoms with Crippen LogP contribution in [0.25, 0.3) is 0 Å². The summed E-state index contributed by atoms with van der Waals surface area (Å²) >= 11 is 0. The molecule has 1 aromatic rings. The third-order valence-electron chi connectivity index (χ3n) is 2.62. The molecule has 0 aliphatic heterocycles. The van der Waals surface area contributed by atoms with E-state index in [1.54, 1.807) is 11.2 Å². The summed E-state index contributed by atoms with van der Waals surface area (Å²) < 4.78 is 0. The Labute approximate surface area is 103 Å². The van der Waals surface area contributed by atoms with E-state index in [1.165, 1.54) is 0 Å². The van der Waals surface area contributed by atoms with E-state index in [1.807, 2.05) is 31.3 Å². The van der Waals surface area contributed by atoms with Crippen molar-refractivity contribution in [1.29, 1.82) is 0 Å². The van der Waals surface area contributed by atoms with Crippen LogP contribution in [-0.2, 0) is 0 Å². The van der Waals surface area contributed by atoms with Crippen molar-refractivity contribution in [3.05, 3.63) is 37.0 Å². The first-order valence-corrected chi connectivity index (χ1v) is 5.60. The molecular weight excluding hydrogens is 212 g/mol. The minimum absolute atomic E-state index is 0.803. The minimum Gasteiger partial charge on any atom is -0.397 e. The number of nitrogens with zero attached hydrogens (tertiary/aromatic N) is 3. The van der Waals surface area contributed by atoms with Gasteiger partial charge in [0.25, 0.3) is 0 Å². The van der Waals surface area contributed by atoms with E-state index in [2.05, 4.69) is 23.3 Å². The molecule has 0 heterocycles. The van der Waals surface area contributed by atoms with Gasteiger partial charge in [0.05, 0.1) is 11.4 Å². The molecule has 2 N–H and O–H groups in total. The summed E-state index contributed by atoms with van der Waals surface area (Å²) in [7, 11) is 2.03. The van der Waals surface area contributed by atoms with Gasteiger partial charge in [-0.1, -0.05) is 18.7 Å². The van der Waals surface area contributed by atoms with Gasteiger partial charge in [0.2, 0.25) is 0 Å². The average molecular weight is 232 g/mol. The van der Waals surface area contributed by atoms with Crippen LogP contribution in [0.1, 0.15) is 6.42 Å². The minimum atomic E-state index is 0.803. The fraction of sp³-hybridized carbons (Fsp3) is 0.308. The van der Waals surface area contributed by atoms with E-state index in [0.29, 0.717) is 0 Å². The van der Waals surface area contributed by atoms with Gasteiger partial charge < -0.3 is 10.6 Å². The number of rotatable bonds is 7. The normalized spacial score (nSPS) is 9.71. The molecule has 0 fully saturated rings. The number of nitrogens with two attached hydrogens (primary N) is 1. The predicted octanol–water partition coefficient (Wildman–Crippen LogP) is 2.16. The van der Waals surface area contributed by atoms with Gasteiger partial charge in [-0.15, -0.1) is 0 Å². The first kappa shape index (κ1) is 13.1. The Morgan fingerprint density at radius 2 is 2.06 bits per heavy atom. The zero-order chi connectivity index (χ0) is 12.7. The maximum absolute atomic E-state index is 5.91. The van der Waals surface area contributed by atoms with Gasteiger partial charge in [-0.25, -0.2) is 0 Å². The Hall–Kier alpha value is -1.97. The molecule has 0 saturated heterocycles. The van der Waals surface area contributed by atoms with Crippen LogP contribution in [0.4, 0.5) is 11.4 Å². The molecule has 92 valence electrons. The van der Waals surface area contributed by atoms with Crippen molar-refractivity contribution in [2.24, 2.45) is 5.10 Å². The van der Waals surface area contributed by atoms with Crippen LogP contribution in [0.15, 0.2) is 42.1 Å². The fourth-order valence-electron chi connectivity index (χ4n) is 1.65. The molecule has 0 aliphatic carbocycles. The number of anilines is 2. The number of nitrogen functional groups attached to an aromatic ring is 1. The van der Waals surface area contributed by atoms with Gasteiger partial charge >= 0.3 is 0 Å². The van der Waals surface area contributed by atoms with E-state index < -0.39 is 0 Å². The molecule has 0 aliphatic rings. The lowest BCUT2D eigenvalue weighted by atomic mass is 10.2. The average Bonchev–Trinajstić information content (AvgIpc) is 2.35. The van der Waals surface area contributed by atoms with Crippen molar-refractivity contribution in [3.63, 3.8) is 0 Å². The molecule has 0 atom stereocenters. The van der Waals surface area contributed by atoms with Gasteiger partial charge in [-0.05, 0) is 18.6 Å². The van der Waals surface area contributed by atoms with Crippen molar-refractivity contribution >= 4 is 18.1 Å².